The van der Waals surface area contributed by atoms with Crippen molar-refractivity contribution in [3.05, 3.63) is 35.1 Å². The van der Waals surface area contributed by atoms with Crippen LogP contribution in [0.15, 0.2) is 24.3 Å². The summed E-state index contributed by atoms with van der Waals surface area (Å²) in [5.74, 6) is -0.172. The Balaban J connectivity index is 1.28. The lowest BCUT2D eigenvalue weighted by atomic mass is 10.1. The molecule has 2 aromatic rings. The first kappa shape index (κ1) is 14.8. The first-order valence-corrected chi connectivity index (χ1v) is 8.80. The van der Waals surface area contributed by atoms with Crippen LogP contribution in [0.1, 0.15) is 5.01 Å². The molecular formula is C16H20FN5S. The van der Waals surface area contributed by atoms with Gasteiger partial charge in [-0.1, -0.05) is 11.3 Å². The molecule has 0 aliphatic carbocycles. The highest BCUT2D eigenvalue weighted by Crippen LogP contribution is 2.27. The van der Waals surface area contributed by atoms with Gasteiger partial charge in [0.25, 0.3) is 0 Å². The third kappa shape index (κ3) is 3.03. The van der Waals surface area contributed by atoms with Crippen LogP contribution in [0.3, 0.4) is 0 Å². The highest BCUT2D eigenvalue weighted by Gasteiger charge is 2.35. The Labute approximate surface area is 139 Å². The third-order valence-corrected chi connectivity index (χ3v) is 5.57. The van der Waals surface area contributed by atoms with E-state index in [1.54, 1.807) is 11.3 Å². The molecule has 122 valence electrons. The molecule has 1 aromatic carbocycles. The molecule has 23 heavy (non-hydrogen) atoms. The molecule has 3 heterocycles. The molecule has 5 nitrogen and oxygen atoms in total. The number of halogens is 1. The van der Waals surface area contributed by atoms with Crippen LogP contribution >= 0.6 is 11.3 Å². The SMILES string of the molecule is Cc1nnc(N2CC(N3CCN(c4ccc(F)cc4)CC3)C2)s1. The molecule has 0 N–H and O–H groups in total. The predicted molar refractivity (Wildman–Crippen MR) is 90.8 cm³/mol. The fourth-order valence-electron chi connectivity index (χ4n) is 3.25. The number of hydrogen-bond donors (Lipinski definition) is 0. The highest BCUT2D eigenvalue weighted by atomic mass is 32.1. The molecule has 0 unspecified atom stereocenters. The van der Waals surface area contributed by atoms with Gasteiger partial charge in [-0.2, -0.15) is 0 Å². The largest absolute Gasteiger partial charge is 0.369 e. The molecule has 2 fully saturated rings. The Morgan fingerprint density at radius 3 is 2.30 bits per heavy atom. The maximum Gasteiger partial charge on any atom is 0.208 e. The second-order valence-electron chi connectivity index (χ2n) is 6.16. The maximum absolute atomic E-state index is 13.0. The minimum Gasteiger partial charge on any atom is -0.369 e. The van der Waals surface area contributed by atoms with E-state index >= 15 is 0 Å². The summed E-state index contributed by atoms with van der Waals surface area (Å²) >= 11 is 1.67. The summed E-state index contributed by atoms with van der Waals surface area (Å²) in [6.45, 7) is 8.21. The van der Waals surface area contributed by atoms with Crippen molar-refractivity contribution in [3.8, 4) is 0 Å². The summed E-state index contributed by atoms with van der Waals surface area (Å²) in [6.07, 6.45) is 0. The Morgan fingerprint density at radius 1 is 1.00 bits per heavy atom. The predicted octanol–water partition coefficient (Wildman–Crippen LogP) is 2.00. The van der Waals surface area contributed by atoms with E-state index in [1.165, 1.54) is 12.1 Å². The van der Waals surface area contributed by atoms with Crippen molar-refractivity contribution in [2.45, 2.75) is 13.0 Å². The standard InChI is InChI=1S/C16H20FN5S/c1-12-18-19-16(23-12)22-10-15(11-22)21-8-6-20(7-9-21)14-4-2-13(17)3-5-14/h2-5,15H,6-11H2,1H3. The minimum atomic E-state index is -0.172. The first-order chi connectivity index (χ1) is 11.2. The lowest BCUT2D eigenvalue weighted by Crippen LogP contribution is -2.63. The highest BCUT2D eigenvalue weighted by molar-refractivity contribution is 7.15. The number of piperazine rings is 1. The summed E-state index contributed by atoms with van der Waals surface area (Å²) in [6, 6.07) is 7.43. The fourth-order valence-corrected chi connectivity index (χ4v) is 3.96. The van der Waals surface area contributed by atoms with Crippen molar-refractivity contribution in [2.24, 2.45) is 0 Å². The van der Waals surface area contributed by atoms with Crippen LogP contribution < -0.4 is 9.80 Å². The number of anilines is 2. The van der Waals surface area contributed by atoms with Gasteiger partial charge in [-0.3, -0.25) is 4.90 Å². The van der Waals surface area contributed by atoms with Gasteiger partial charge in [0.1, 0.15) is 10.8 Å². The lowest BCUT2D eigenvalue weighted by molar-refractivity contribution is 0.157. The topological polar surface area (TPSA) is 35.5 Å². The molecule has 2 aliphatic heterocycles. The van der Waals surface area contributed by atoms with Gasteiger partial charge < -0.3 is 9.80 Å². The van der Waals surface area contributed by atoms with E-state index in [0.29, 0.717) is 6.04 Å². The molecule has 0 radical (unpaired) electrons. The number of rotatable bonds is 3. The molecular weight excluding hydrogens is 313 g/mol. The Hall–Kier alpha value is -1.73. The Morgan fingerprint density at radius 2 is 1.70 bits per heavy atom. The normalized spacial score (nSPS) is 19.9. The van der Waals surface area contributed by atoms with Crippen LogP contribution in [0.25, 0.3) is 0 Å². The van der Waals surface area contributed by atoms with Crippen LogP contribution in [0, 0.1) is 12.7 Å². The average Bonchev–Trinajstić information content (AvgIpc) is 2.94. The Bertz CT molecular complexity index is 659. The summed E-state index contributed by atoms with van der Waals surface area (Å²) < 4.78 is 13.0. The molecule has 7 heteroatoms. The van der Waals surface area contributed by atoms with Gasteiger partial charge in [0.15, 0.2) is 0 Å². The van der Waals surface area contributed by atoms with E-state index in [2.05, 4.69) is 24.9 Å². The lowest BCUT2D eigenvalue weighted by Gasteiger charge is -2.48. The van der Waals surface area contributed by atoms with Crippen LogP contribution in [-0.2, 0) is 0 Å². The van der Waals surface area contributed by atoms with Gasteiger partial charge in [0.2, 0.25) is 5.13 Å². The minimum absolute atomic E-state index is 0.172. The maximum atomic E-state index is 13.0. The summed E-state index contributed by atoms with van der Waals surface area (Å²) in [5.41, 5.74) is 1.12. The zero-order chi connectivity index (χ0) is 15.8. The van der Waals surface area contributed by atoms with E-state index in [1.807, 2.05) is 19.1 Å². The summed E-state index contributed by atoms with van der Waals surface area (Å²) in [7, 11) is 0. The molecule has 0 spiro atoms. The smallest absolute Gasteiger partial charge is 0.208 e. The van der Waals surface area contributed by atoms with E-state index < -0.39 is 0 Å². The third-order valence-electron chi connectivity index (χ3n) is 4.67. The van der Waals surface area contributed by atoms with Crippen molar-refractivity contribution in [1.29, 1.82) is 0 Å². The van der Waals surface area contributed by atoms with Crippen LogP contribution in [0.5, 0.6) is 0 Å². The average molecular weight is 333 g/mol. The second kappa shape index (κ2) is 6.05. The van der Waals surface area contributed by atoms with Crippen molar-refractivity contribution in [2.75, 3.05) is 49.1 Å². The van der Waals surface area contributed by atoms with Crippen LogP contribution in [-0.4, -0.2) is 60.4 Å². The van der Waals surface area contributed by atoms with Gasteiger partial charge in [-0.25, -0.2) is 4.39 Å². The number of nitrogens with zero attached hydrogens (tertiary/aromatic N) is 5. The van der Waals surface area contributed by atoms with Gasteiger partial charge in [-0.15, -0.1) is 10.2 Å². The second-order valence-corrected chi connectivity index (χ2v) is 7.32. The van der Waals surface area contributed by atoms with Gasteiger partial charge >= 0.3 is 0 Å². The van der Waals surface area contributed by atoms with Gasteiger partial charge in [0.05, 0.1) is 0 Å². The van der Waals surface area contributed by atoms with Crippen molar-refractivity contribution < 1.29 is 4.39 Å². The van der Waals surface area contributed by atoms with Crippen LogP contribution in [0.4, 0.5) is 15.2 Å². The number of aromatic nitrogens is 2. The molecule has 0 amide bonds. The summed E-state index contributed by atoms with van der Waals surface area (Å²) in [5, 5.41) is 10.4. The van der Waals surface area contributed by atoms with Crippen molar-refractivity contribution in [1.82, 2.24) is 15.1 Å². The van der Waals surface area contributed by atoms with Crippen molar-refractivity contribution >= 4 is 22.2 Å². The first-order valence-electron chi connectivity index (χ1n) is 7.99. The number of hydrogen-bond acceptors (Lipinski definition) is 6. The zero-order valence-corrected chi connectivity index (χ0v) is 14.0. The fraction of sp³-hybridized carbons (Fsp3) is 0.500. The van der Waals surface area contributed by atoms with Gasteiger partial charge in [0, 0.05) is 51.0 Å². The molecule has 0 saturated carbocycles. The molecule has 0 atom stereocenters. The van der Waals surface area contributed by atoms with Gasteiger partial charge in [-0.05, 0) is 31.2 Å². The Kier molecular flexibility index (Phi) is 3.90. The van der Waals surface area contributed by atoms with E-state index in [9.17, 15) is 4.39 Å². The molecule has 2 aliphatic rings. The monoisotopic (exact) mass is 333 g/mol. The van der Waals surface area contributed by atoms with E-state index in [0.717, 1.165) is 55.1 Å². The molecule has 2 saturated heterocycles. The molecule has 0 bridgehead atoms. The van der Waals surface area contributed by atoms with E-state index in [-0.39, 0.29) is 5.82 Å². The molecule has 1 aromatic heterocycles. The quantitative estimate of drug-likeness (QED) is 0.858. The summed E-state index contributed by atoms with van der Waals surface area (Å²) in [4.78, 5) is 7.20. The zero-order valence-electron chi connectivity index (χ0n) is 13.2. The van der Waals surface area contributed by atoms with Crippen LogP contribution in [0.2, 0.25) is 0 Å². The number of aryl methyl sites for hydroxylation is 1. The van der Waals surface area contributed by atoms with E-state index in [4.69, 9.17) is 0 Å². The molecule has 4 rings (SSSR count). The number of benzene rings is 1. The van der Waals surface area contributed by atoms with Crippen molar-refractivity contribution in [3.63, 3.8) is 0 Å².